The Kier molecular flexibility index (Phi) is 0.790. The number of hydrogen-bond acceptors (Lipinski definition) is 6. The van der Waals surface area contributed by atoms with Gasteiger partial charge in [-0.25, -0.2) is 0 Å². The van der Waals surface area contributed by atoms with Crippen LogP contribution in [0.3, 0.4) is 0 Å². The molecule has 0 radical (unpaired) electrons. The second-order valence-corrected chi connectivity index (χ2v) is 5.24. The van der Waals surface area contributed by atoms with Crippen LogP contribution in [0.25, 0.3) is 0 Å². The van der Waals surface area contributed by atoms with Crippen molar-refractivity contribution in [2.45, 2.75) is 0 Å². The molecule has 0 unspecified atom stereocenters. The molecule has 2 heterocycles. The predicted molar refractivity (Wildman–Crippen MR) is 29.5 cm³/mol. The summed E-state index contributed by atoms with van der Waals surface area (Å²) in [4.78, 5) is 42.3. The Morgan fingerprint density at radius 1 is 0.727 bits per heavy atom. The highest BCUT2D eigenvalue weighted by atomic mass is 28.3. The van der Waals surface area contributed by atoms with Gasteiger partial charge in [-0.05, 0) is 0 Å². The van der Waals surface area contributed by atoms with Crippen LogP contribution in [0.1, 0.15) is 0 Å². The SMILES string of the molecule is O=C1OC(=O)[Si]12C(=O)OC2=O. The Bertz CT molecular complexity index is 253. The standard InChI is InChI=1S/C4O6Si/c5-1-9-2(6)11(1)3(7)10-4(11)8. The fourth-order valence-electron chi connectivity index (χ4n) is 0.882. The summed E-state index contributed by atoms with van der Waals surface area (Å²) >= 11 is 0. The molecule has 2 aliphatic heterocycles. The van der Waals surface area contributed by atoms with Crippen molar-refractivity contribution in [3.8, 4) is 0 Å². The van der Waals surface area contributed by atoms with Crippen LogP contribution in [0.15, 0.2) is 0 Å². The summed E-state index contributed by atoms with van der Waals surface area (Å²) in [6.45, 7) is 0. The lowest BCUT2D eigenvalue weighted by Crippen LogP contribution is -2.81. The second kappa shape index (κ2) is 1.40. The van der Waals surface area contributed by atoms with Gasteiger partial charge in [0.1, 0.15) is 0 Å². The predicted octanol–water partition coefficient (Wildman–Crippen LogP) is 0.302. The number of hydrogen-bond donors (Lipinski definition) is 0. The van der Waals surface area contributed by atoms with Crippen molar-refractivity contribution in [1.82, 2.24) is 0 Å². The molecule has 0 aromatic rings. The fourth-order valence-corrected chi connectivity index (χ4v) is 2.58. The monoisotopic (exact) mass is 172 g/mol. The molecule has 11 heavy (non-hydrogen) atoms. The molecule has 0 aromatic carbocycles. The van der Waals surface area contributed by atoms with Crippen LogP contribution in [-0.4, -0.2) is 30.4 Å². The maximum Gasteiger partial charge on any atom is 0.548 e. The maximum atomic E-state index is 10.6. The van der Waals surface area contributed by atoms with E-state index in [0.717, 1.165) is 0 Å². The average molecular weight is 172 g/mol. The fraction of sp³-hybridized carbons (Fsp3) is 0. The lowest BCUT2D eigenvalue weighted by atomic mass is 11.2. The first kappa shape index (κ1) is 6.22. The topological polar surface area (TPSA) is 86.7 Å². The molecule has 2 rings (SSSR count). The molecule has 2 saturated heterocycles. The summed E-state index contributed by atoms with van der Waals surface area (Å²) in [6.07, 6.45) is 0. The van der Waals surface area contributed by atoms with Crippen LogP contribution in [0.4, 0.5) is 19.2 Å². The molecule has 6 nitrogen and oxygen atoms in total. The van der Waals surface area contributed by atoms with Gasteiger partial charge in [0.2, 0.25) is 0 Å². The minimum atomic E-state index is -3.70. The molecule has 7 heteroatoms. The van der Waals surface area contributed by atoms with Gasteiger partial charge in [0, 0.05) is 0 Å². The van der Waals surface area contributed by atoms with Gasteiger partial charge in [-0.1, -0.05) is 0 Å². The van der Waals surface area contributed by atoms with Crippen LogP contribution in [0, 0.1) is 0 Å². The van der Waals surface area contributed by atoms with E-state index < -0.39 is 30.4 Å². The Balaban J connectivity index is 2.49. The molecule has 0 atom stereocenters. The molecule has 0 N–H and O–H groups in total. The number of carbonyl (C=O) groups excluding carboxylic acids is 4. The average Bonchev–Trinajstić information content (AvgIpc) is 1.86. The molecular weight excluding hydrogens is 172 g/mol. The van der Waals surface area contributed by atoms with E-state index in [9.17, 15) is 19.2 Å². The Labute approximate surface area is 60.1 Å². The Morgan fingerprint density at radius 3 is 1.09 bits per heavy atom. The largest absolute Gasteiger partial charge is 0.548 e. The zero-order valence-corrected chi connectivity index (χ0v) is 5.95. The number of ether oxygens (including phenoxy) is 2. The first-order valence-electron chi connectivity index (χ1n) is 2.63. The molecule has 2 fully saturated rings. The van der Waals surface area contributed by atoms with Gasteiger partial charge in [-0.2, -0.15) is 0 Å². The summed E-state index contributed by atoms with van der Waals surface area (Å²) in [7, 11) is -3.70. The van der Waals surface area contributed by atoms with Crippen LogP contribution < -0.4 is 0 Å². The molecule has 56 valence electrons. The van der Waals surface area contributed by atoms with E-state index in [1.807, 2.05) is 0 Å². The summed E-state index contributed by atoms with van der Waals surface area (Å²) in [6, 6.07) is 0. The van der Waals surface area contributed by atoms with Crippen molar-refractivity contribution in [3.63, 3.8) is 0 Å². The zero-order chi connectivity index (χ0) is 8.22. The van der Waals surface area contributed by atoms with Gasteiger partial charge in [0.05, 0.1) is 0 Å². The molecular formula is C4O6Si. The first-order chi connectivity index (χ1) is 5.10. The van der Waals surface area contributed by atoms with E-state index >= 15 is 0 Å². The highest BCUT2D eigenvalue weighted by molar-refractivity contribution is 7.58. The smallest absolute Gasteiger partial charge is 0.399 e. The summed E-state index contributed by atoms with van der Waals surface area (Å²) in [5.74, 6) is 0. The van der Waals surface area contributed by atoms with E-state index in [4.69, 9.17) is 0 Å². The maximum absolute atomic E-state index is 10.6. The van der Waals surface area contributed by atoms with Crippen molar-refractivity contribution >= 4 is 30.4 Å². The van der Waals surface area contributed by atoms with E-state index in [-0.39, 0.29) is 0 Å². The van der Waals surface area contributed by atoms with E-state index in [2.05, 4.69) is 9.47 Å². The molecule has 1 spiro atoms. The van der Waals surface area contributed by atoms with Crippen molar-refractivity contribution < 1.29 is 28.7 Å². The van der Waals surface area contributed by atoms with E-state index in [1.54, 1.807) is 0 Å². The normalized spacial score (nSPS) is 25.5. The molecule has 0 saturated carbocycles. The minimum absolute atomic E-state index is 0.997. The number of carbonyl (C=O) groups is 4. The Morgan fingerprint density at radius 2 is 1.00 bits per heavy atom. The molecule has 0 aromatic heterocycles. The van der Waals surface area contributed by atoms with Crippen LogP contribution >= 0.6 is 0 Å². The first-order valence-corrected chi connectivity index (χ1v) is 4.63. The lowest BCUT2D eigenvalue weighted by Gasteiger charge is -2.34. The van der Waals surface area contributed by atoms with Gasteiger partial charge >= 0.3 is 30.4 Å². The summed E-state index contributed by atoms with van der Waals surface area (Å²) in [5, 5.41) is 0. The van der Waals surface area contributed by atoms with Crippen molar-refractivity contribution in [1.29, 1.82) is 0 Å². The number of rotatable bonds is 0. The molecule has 2 aliphatic rings. The second-order valence-electron chi connectivity index (χ2n) is 2.10. The third-order valence-corrected chi connectivity index (χ3v) is 4.45. The Hall–Kier alpha value is -1.50. The third kappa shape index (κ3) is 0.386. The van der Waals surface area contributed by atoms with Crippen LogP contribution in [-0.2, 0) is 9.47 Å². The molecule has 0 bridgehead atoms. The quantitative estimate of drug-likeness (QED) is 0.385. The molecule has 0 amide bonds. The minimum Gasteiger partial charge on any atom is -0.399 e. The lowest BCUT2D eigenvalue weighted by molar-refractivity contribution is 0.146. The van der Waals surface area contributed by atoms with Gasteiger partial charge in [-0.3, -0.25) is 19.2 Å². The summed E-state index contributed by atoms with van der Waals surface area (Å²) in [5.41, 5.74) is -3.99. The highest BCUT2D eigenvalue weighted by Gasteiger charge is 2.85. The number of cyclic esters (lactones) is 4. The van der Waals surface area contributed by atoms with Gasteiger partial charge in [0.15, 0.2) is 0 Å². The highest BCUT2D eigenvalue weighted by Crippen LogP contribution is 2.32. The van der Waals surface area contributed by atoms with Gasteiger partial charge < -0.3 is 9.47 Å². The van der Waals surface area contributed by atoms with Crippen LogP contribution in [0.5, 0.6) is 0 Å². The zero-order valence-electron chi connectivity index (χ0n) is 4.95. The van der Waals surface area contributed by atoms with Gasteiger partial charge in [0.25, 0.3) is 0 Å². The van der Waals surface area contributed by atoms with Crippen molar-refractivity contribution in [3.05, 3.63) is 0 Å². The van der Waals surface area contributed by atoms with Crippen molar-refractivity contribution in [2.24, 2.45) is 0 Å². The van der Waals surface area contributed by atoms with Crippen molar-refractivity contribution in [2.75, 3.05) is 0 Å². The summed E-state index contributed by atoms with van der Waals surface area (Å²) < 4.78 is 7.80. The van der Waals surface area contributed by atoms with Crippen LogP contribution in [0.2, 0.25) is 0 Å². The van der Waals surface area contributed by atoms with Gasteiger partial charge in [-0.15, -0.1) is 0 Å². The van der Waals surface area contributed by atoms with E-state index in [1.165, 1.54) is 0 Å². The molecule has 0 aliphatic carbocycles. The third-order valence-electron chi connectivity index (χ3n) is 1.60. The van der Waals surface area contributed by atoms with E-state index in [0.29, 0.717) is 0 Å².